The van der Waals surface area contributed by atoms with Gasteiger partial charge in [0.05, 0.1) is 18.4 Å². The third-order valence-electron chi connectivity index (χ3n) is 7.66. The minimum atomic E-state index is -0.728. The minimum absolute atomic E-state index is 0.267. The molecule has 3 heterocycles. The monoisotopic (exact) mass is 538 g/mol. The van der Waals surface area contributed by atoms with E-state index in [2.05, 4.69) is 10.3 Å². The SMILES string of the molecule is COCCCNC(=O)c1ccccc1N1C(=O)[C@@H]2Cc3c([nH]c4ccccc34)C(c3cccc(OC)c3)N2C1=O. The number of fused-ring (bicyclic) bond motifs is 4. The zero-order chi connectivity index (χ0) is 27.8. The number of methoxy groups -OCH3 is 2. The molecule has 4 amide bonds. The number of hydrogen-bond donors (Lipinski definition) is 2. The first-order chi connectivity index (χ1) is 19.5. The van der Waals surface area contributed by atoms with Gasteiger partial charge in [0.1, 0.15) is 17.8 Å². The Labute approximate surface area is 231 Å². The number of H-pyrrole nitrogens is 1. The van der Waals surface area contributed by atoms with Crippen molar-refractivity contribution in [1.82, 2.24) is 15.2 Å². The number of aromatic nitrogens is 1. The van der Waals surface area contributed by atoms with Crippen LogP contribution >= 0.6 is 0 Å². The summed E-state index contributed by atoms with van der Waals surface area (Å²) in [6.07, 6.45) is 1.02. The Morgan fingerprint density at radius 2 is 1.82 bits per heavy atom. The van der Waals surface area contributed by atoms with E-state index in [9.17, 15) is 14.4 Å². The number of rotatable bonds is 8. The fraction of sp³-hybridized carbons (Fsp3) is 0.258. The number of amides is 4. The van der Waals surface area contributed by atoms with Gasteiger partial charge < -0.3 is 19.8 Å². The van der Waals surface area contributed by atoms with Crippen molar-refractivity contribution in [2.45, 2.75) is 24.9 Å². The van der Waals surface area contributed by atoms with E-state index >= 15 is 0 Å². The highest BCUT2D eigenvalue weighted by Gasteiger charge is 2.53. The average Bonchev–Trinajstić information content (AvgIpc) is 3.48. The number of urea groups is 1. The molecule has 2 N–H and O–H groups in total. The number of benzene rings is 3. The van der Waals surface area contributed by atoms with E-state index in [0.717, 1.165) is 32.6 Å². The van der Waals surface area contributed by atoms with Crippen LogP contribution in [0.5, 0.6) is 5.75 Å². The Balaban J connectivity index is 1.43. The average molecular weight is 539 g/mol. The molecule has 0 bridgehead atoms. The third-order valence-corrected chi connectivity index (χ3v) is 7.66. The maximum absolute atomic E-state index is 14.2. The summed E-state index contributed by atoms with van der Waals surface area (Å²) in [5.74, 6) is -0.0474. The first kappa shape index (κ1) is 25.6. The van der Waals surface area contributed by atoms with Gasteiger partial charge in [-0.3, -0.25) is 14.5 Å². The minimum Gasteiger partial charge on any atom is -0.497 e. The second-order valence-electron chi connectivity index (χ2n) is 9.94. The standard InChI is InChI=1S/C31H30N4O5/c1-39-16-8-15-32-29(36)22-12-4-6-14-25(22)35-30(37)26-18-23-21-11-3-5-13-24(21)33-27(23)28(34(26)31(35)38)19-9-7-10-20(17-19)40-2/h3-7,9-14,17,26,28,33H,8,15-16,18H2,1-2H3,(H,32,36)/t26-,28?/m0/s1. The van der Waals surface area contributed by atoms with E-state index in [1.54, 1.807) is 43.4 Å². The van der Waals surface area contributed by atoms with Crippen LogP contribution in [0.1, 0.15) is 39.6 Å². The zero-order valence-corrected chi connectivity index (χ0v) is 22.3. The van der Waals surface area contributed by atoms with Gasteiger partial charge in [0.15, 0.2) is 0 Å². The summed E-state index contributed by atoms with van der Waals surface area (Å²) < 4.78 is 10.5. The van der Waals surface area contributed by atoms with Crippen molar-refractivity contribution in [2.24, 2.45) is 0 Å². The Morgan fingerprint density at radius 3 is 2.65 bits per heavy atom. The highest BCUT2D eigenvalue weighted by atomic mass is 16.5. The number of anilines is 1. The molecule has 1 fully saturated rings. The maximum atomic E-state index is 14.2. The molecule has 9 heteroatoms. The molecule has 0 aliphatic carbocycles. The van der Waals surface area contributed by atoms with Gasteiger partial charge in [-0.2, -0.15) is 0 Å². The number of carbonyl (C=O) groups is 3. The van der Waals surface area contributed by atoms with Gasteiger partial charge in [0.25, 0.3) is 11.8 Å². The number of para-hydroxylation sites is 2. The smallest absolute Gasteiger partial charge is 0.332 e. The maximum Gasteiger partial charge on any atom is 0.332 e. The summed E-state index contributed by atoms with van der Waals surface area (Å²) in [7, 11) is 3.20. The Morgan fingerprint density at radius 1 is 1.02 bits per heavy atom. The fourth-order valence-corrected chi connectivity index (χ4v) is 5.83. The molecular formula is C31H30N4O5. The predicted molar refractivity (Wildman–Crippen MR) is 151 cm³/mol. The van der Waals surface area contributed by atoms with Crippen LogP contribution in [0, 0.1) is 0 Å². The molecule has 0 spiro atoms. The van der Waals surface area contributed by atoms with Gasteiger partial charge in [-0.1, -0.05) is 42.5 Å². The zero-order valence-electron chi connectivity index (χ0n) is 22.3. The molecule has 2 aliphatic heterocycles. The molecule has 0 saturated carbocycles. The summed E-state index contributed by atoms with van der Waals surface area (Å²) in [5.41, 5.74) is 4.20. The summed E-state index contributed by atoms with van der Waals surface area (Å²) in [6.45, 7) is 0.930. The van der Waals surface area contributed by atoms with Crippen molar-refractivity contribution in [3.8, 4) is 5.75 Å². The molecule has 2 aliphatic rings. The topological polar surface area (TPSA) is 104 Å². The van der Waals surface area contributed by atoms with Crippen LogP contribution in [-0.2, 0) is 16.0 Å². The molecule has 0 radical (unpaired) electrons. The largest absolute Gasteiger partial charge is 0.497 e. The molecule has 40 heavy (non-hydrogen) atoms. The van der Waals surface area contributed by atoms with E-state index < -0.39 is 18.1 Å². The van der Waals surface area contributed by atoms with E-state index in [-0.39, 0.29) is 23.1 Å². The number of nitrogens with zero attached hydrogens (tertiary/aromatic N) is 2. The normalized spacial score (nSPS) is 18.1. The number of nitrogens with one attached hydrogen (secondary N) is 2. The van der Waals surface area contributed by atoms with E-state index in [0.29, 0.717) is 31.7 Å². The van der Waals surface area contributed by atoms with Crippen molar-refractivity contribution < 1.29 is 23.9 Å². The van der Waals surface area contributed by atoms with Gasteiger partial charge in [0, 0.05) is 43.3 Å². The van der Waals surface area contributed by atoms with Gasteiger partial charge in [-0.25, -0.2) is 9.69 Å². The van der Waals surface area contributed by atoms with Crippen LogP contribution < -0.4 is 15.0 Å². The number of hydrogen-bond acceptors (Lipinski definition) is 5. The van der Waals surface area contributed by atoms with Gasteiger partial charge in [0.2, 0.25) is 0 Å². The van der Waals surface area contributed by atoms with E-state index in [1.165, 1.54) is 0 Å². The van der Waals surface area contributed by atoms with Gasteiger partial charge in [-0.05, 0) is 47.9 Å². The molecule has 6 rings (SSSR count). The highest BCUT2D eigenvalue weighted by molar-refractivity contribution is 6.24. The Hall–Kier alpha value is -4.63. The summed E-state index contributed by atoms with van der Waals surface area (Å²) >= 11 is 0. The van der Waals surface area contributed by atoms with Crippen LogP contribution in [0.3, 0.4) is 0 Å². The highest BCUT2D eigenvalue weighted by Crippen LogP contribution is 2.45. The molecule has 2 atom stereocenters. The molecule has 9 nitrogen and oxygen atoms in total. The number of carbonyl (C=O) groups excluding carboxylic acids is 3. The van der Waals surface area contributed by atoms with Crippen LogP contribution in [-0.4, -0.2) is 61.1 Å². The summed E-state index contributed by atoms with van der Waals surface area (Å²) in [5, 5.41) is 3.89. The molecule has 1 saturated heterocycles. The number of imide groups is 1. The molecular weight excluding hydrogens is 508 g/mol. The predicted octanol–water partition coefficient (Wildman–Crippen LogP) is 4.43. The Kier molecular flexibility index (Phi) is 6.73. The second-order valence-corrected chi connectivity index (χ2v) is 9.94. The second kappa shape index (κ2) is 10.5. The number of ether oxygens (including phenoxy) is 2. The molecule has 1 unspecified atom stereocenters. The van der Waals surface area contributed by atoms with Gasteiger partial charge >= 0.3 is 6.03 Å². The molecule has 1 aromatic heterocycles. The lowest BCUT2D eigenvalue weighted by Gasteiger charge is -2.36. The summed E-state index contributed by atoms with van der Waals surface area (Å²) in [4.78, 5) is 47.8. The van der Waals surface area contributed by atoms with Crippen molar-refractivity contribution in [1.29, 1.82) is 0 Å². The summed E-state index contributed by atoms with van der Waals surface area (Å²) in [6, 6.07) is 20.5. The van der Waals surface area contributed by atoms with Crippen molar-refractivity contribution >= 4 is 34.4 Å². The van der Waals surface area contributed by atoms with E-state index in [1.807, 2.05) is 48.5 Å². The van der Waals surface area contributed by atoms with Crippen LogP contribution in [0.2, 0.25) is 0 Å². The van der Waals surface area contributed by atoms with E-state index in [4.69, 9.17) is 9.47 Å². The molecule has 204 valence electrons. The third kappa shape index (κ3) is 4.19. The fourth-order valence-electron chi connectivity index (χ4n) is 5.83. The molecule has 4 aromatic rings. The lowest BCUT2D eigenvalue weighted by Crippen LogP contribution is -2.44. The van der Waals surface area contributed by atoms with Crippen LogP contribution in [0.4, 0.5) is 10.5 Å². The first-order valence-corrected chi connectivity index (χ1v) is 13.3. The number of aromatic amines is 1. The van der Waals surface area contributed by atoms with Crippen LogP contribution in [0.15, 0.2) is 72.8 Å². The van der Waals surface area contributed by atoms with Crippen molar-refractivity contribution in [2.75, 3.05) is 32.3 Å². The quantitative estimate of drug-likeness (QED) is 0.255. The lowest BCUT2D eigenvalue weighted by atomic mass is 9.89. The van der Waals surface area contributed by atoms with Crippen molar-refractivity contribution in [3.05, 3.63) is 95.2 Å². The van der Waals surface area contributed by atoms with Crippen LogP contribution in [0.25, 0.3) is 10.9 Å². The lowest BCUT2D eigenvalue weighted by molar-refractivity contribution is -0.120. The Bertz CT molecular complexity index is 1610. The van der Waals surface area contributed by atoms with Crippen molar-refractivity contribution in [3.63, 3.8) is 0 Å². The molecule has 3 aromatic carbocycles. The van der Waals surface area contributed by atoms with Gasteiger partial charge in [-0.15, -0.1) is 0 Å². The first-order valence-electron chi connectivity index (χ1n) is 13.3.